The molecular formula is C16H19N5O7S. The van der Waals surface area contributed by atoms with Gasteiger partial charge in [0.25, 0.3) is 11.4 Å². The first kappa shape index (κ1) is 20.7. The number of sulfonamides is 1. The Balaban J connectivity index is 1.87. The maximum atomic E-state index is 13.0. The molecule has 0 N–H and O–H groups in total. The van der Waals surface area contributed by atoms with Crippen LogP contribution in [0.4, 0.5) is 17.1 Å². The van der Waals surface area contributed by atoms with Gasteiger partial charge in [0.15, 0.2) is 5.76 Å². The lowest BCUT2D eigenvalue weighted by Crippen LogP contribution is -2.35. The minimum atomic E-state index is -3.83. The van der Waals surface area contributed by atoms with Crippen LogP contribution in [0.2, 0.25) is 0 Å². The normalized spacial score (nSPS) is 15.9. The SMILES string of the molecule is Cc1noc(C)c1S(=O)(=O)N1CCCN(c2ccc([N+](=O)[O-])cc2[N+](=O)[O-])CC1. The molecule has 2 aromatic rings. The minimum Gasteiger partial charge on any atom is -0.365 e. The van der Waals surface area contributed by atoms with Crippen molar-refractivity contribution in [1.29, 1.82) is 0 Å². The molecule has 0 aliphatic carbocycles. The van der Waals surface area contributed by atoms with E-state index in [2.05, 4.69) is 5.16 Å². The van der Waals surface area contributed by atoms with Gasteiger partial charge in [0, 0.05) is 32.2 Å². The third-order valence-corrected chi connectivity index (χ3v) is 6.87. The minimum absolute atomic E-state index is 0.0345. The van der Waals surface area contributed by atoms with Crippen molar-refractivity contribution in [2.45, 2.75) is 25.2 Å². The molecule has 1 aliphatic rings. The molecule has 1 aromatic heterocycles. The van der Waals surface area contributed by atoms with E-state index in [9.17, 15) is 28.6 Å². The fourth-order valence-corrected chi connectivity index (χ4v) is 5.15. The Morgan fingerprint density at radius 3 is 2.38 bits per heavy atom. The van der Waals surface area contributed by atoms with Crippen molar-refractivity contribution in [2.75, 3.05) is 31.1 Å². The van der Waals surface area contributed by atoms with Gasteiger partial charge >= 0.3 is 0 Å². The first-order valence-corrected chi connectivity index (χ1v) is 10.2. The van der Waals surface area contributed by atoms with Crippen LogP contribution in [0.25, 0.3) is 0 Å². The molecule has 0 unspecified atom stereocenters. The zero-order valence-corrected chi connectivity index (χ0v) is 16.6. The summed E-state index contributed by atoms with van der Waals surface area (Å²) in [5.74, 6) is 0.203. The van der Waals surface area contributed by atoms with Gasteiger partial charge in [-0.2, -0.15) is 4.31 Å². The predicted octanol–water partition coefficient (Wildman–Crippen LogP) is 2.01. The van der Waals surface area contributed by atoms with Gasteiger partial charge in [-0.25, -0.2) is 8.42 Å². The molecule has 0 spiro atoms. The molecule has 13 heteroatoms. The summed E-state index contributed by atoms with van der Waals surface area (Å²) in [5, 5.41) is 26.0. The van der Waals surface area contributed by atoms with Crippen LogP contribution in [0.1, 0.15) is 17.9 Å². The summed E-state index contributed by atoms with van der Waals surface area (Å²) >= 11 is 0. The third-order valence-electron chi connectivity index (χ3n) is 4.73. The van der Waals surface area contributed by atoms with Gasteiger partial charge in [0.2, 0.25) is 10.0 Å². The van der Waals surface area contributed by atoms with E-state index < -0.39 is 19.9 Å². The summed E-state index contributed by atoms with van der Waals surface area (Å²) in [4.78, 5) is 22.7. The van der Waals surface area contributed by atoms with Crippen LogP contribution < -0.4 is 4.90 Å². The molecule has 0 radical (unpaired) electrons. The molecule has 1 aromatic carbocycles. The Morgan fingerprint density at radius 1 is 1.07 bits per heavy atom. The first-order valence-electron chi connectivity index (χ1n) is 8.73. The monoisotopic (exact) mass is 425 g/mol. The Labute approximate surface area is 166 Å². The molecule has 2 heterocycles. The van der Waals surface area contributed by atoms with Crippen LogP contribution >= 0.6 is 0 Å². The van der Waals surface area contributed by atoms with Gasteiger partial charge in [0.1, 0.15) is 16.3 Å². The average molecular weight is 425 g/mol. The van der Waals surface area contributed by atoms with Crippen LogP contribution in [-0.4, -0.2) is 53.9 Å². The van der Waals surface area contributed by atoms with E-state index in [-0.39, 0.29) is 53.0 Å². The molecule has 1 fully saturated rings. The maximum absolute atomic E-state index is 13.0. The Kier molecular flexibility index (Phi) is 5.53. The molecule has 1 aliphatic heterocycles. The number of hydrogen-bond acceptors (Lipinski definition) is 9. The number of anilines is 1. The van der Waals surface area contributed by atoms with Crippen molar-refractivity contribution in [3.63, 3.8) is 0 Å². The Hall–Kier alpha value is -3.06. The number of aromatic nitrogens is 1. The molecule has 0 amide bonds. The summed E-state index contributed by atoms with van der Waals surface area (Å²) in [7, 11) is -3.83. The number of benzene rings is 1. The van der Waals surface area contributed by atoms with E-state index in [4.69, 9.17) is 4.52 Å². The third kappa shape index (κ3) is 3.91. The quantitative estimate of drug-likeness (QED) is 0.517. The van der Waals surface area contributed by atoms with Crippen molar-refractivity contribution in [2.24, 2.45) is 0 Å². The Bertz CT molecular complexity index is 1050. The topological polar surface area (TPSA) is 153 Å². The maximum Gasteiger partial charge on any atom is 0.299 e. The zero-order chi connectivity index (χ0) is 21.3. The molecule has 0 bridgehead atoms. The van der Waals surface area contributed by atoms with E-state index in [0.717, 1.165) is 6.07 Å². The summed E-state index contributed by atoms with van der Waals surface area (Å²) in [5.41, 5.74) is -0.272. The van der Waals surface area contributed by atoms with E-state index in [1.165, 1.54) is 23.4 Å². The molecule has 12 nitrogen and oxygen atoms in total. The van der Waals surface area contributed by atoms with Crippen LogP contribution in [0.15, 0.2) is 27.6 Å². The van der Waals surface area contributed by atoms with Gasteiger partial charge in [-0.3, -0.25) is 20.2 Å². The molecular weight excluding hydrogens is 406 g/mol. The van der Waals surface area contributed by atoms with Crippen LogP contribution in [0.3, 0.4) is 0 Å². The average Bonchev–Trinajstić information content (AvgIpc) is 2.86. The van der Waals surface area contributed by atoms with Crippen LogP contribution in [-0.2, 0) is 10.0 Å². The summed E-state index contributed by atoms with van der Waals surface area (Å²) in [6.07, 6.45) is 0.427. The zero-order valence-electron chi connectivity index (χ0n) is 15.8. The summed E-state index contributed by atoms with van der Waals surface area (Å²) in [6.45, 7) is 3.96. The number of non-ortho nitro benzene ring substituents is 1. The fourth-order valence-electron chi connectivity index (χ4n) is 3.39. The Morgan fingerprint density at radius 2 is 1.79 bits per heavy atom. The smallest absolute Gasteiger partial charge is 0.299 e. The highest BCUT2D eigenvalue weighted by Crippen LogP contribution is 2.33. The van der Waals surface area contributed by atoms with Crippen LogP contribution in [0, 0.1) is 34.1 Å². The van der Waals surface area contributed by atoms with E-state index >= 15 is 0 Å². The molecule has 3 rings (SSSR count). The van der Waals surface area contributed by atoms with Crippen molar-refractivity contribution in [3.05, 3.63) is 49.9 Å². The van der Waals surface area contributed by atoms with Crippen molar-refractivity contribution < 1.29 is 22.8 Å². The number of rotatable bonds is 5. The number of aryl methyl sites for hydroxylation is 2. The summed E-state index contributed by atoms with van der Waals surface area (Å²) < 4.78 is 32.3. The highest BCUT2D eigenvalue weighted by Gasteiger charge is 2.33. The largest absolute Gasteiger partial charge is 0.365 e. The summed E-state index contributed by atoms with van der Waals surface area (Å²) in [6, 6.07) is 3.44. The number of nitrogens with zero attached hydrogens (tertiary/aromatic N) is 5. The number of hydrogen-bond donors (Lipinski definition) is 0. The van der Waals surface area contributed by atoms with Gasteiger partial charge in [-0.05, 0) is 26.3 Å². The predicted molar refractivity (Wildman–Crippen MR) is 101 cm³/mol. The molecule has 1 saturated heterocycles. The van der Waals surface area contributed by atoms with Crippen molar-refractivity contribution >= 4 is 27.1 Å². The lowest BCUT2D eigenvalue weighted by Gasteiger charge is -2.23. The van der Waals surface area contributed by atoms with E-state index in [0.29, 0.717) is 13.0 Å². The second-order valence-corrected chi connectivity index (χ2v) is 8.46. The van der Waals surface area contributed by atoms with Gasteiger partial charge < -0.3 is 9.42 Å². The second kappa shape index (κ2) is 7.75. The lowest BCUT2D eigenvalue weighted by molar-refractivity contribution is -0.393. The molecule has 156 valence electrons. The number of nitro benzene ring substituents is 2. The van der Waals surface area contributed by atoms with Crippen molar-refractivity contribution in [1.82, 2.24) is 9.46 Å². The van der Waals surface area contributed by atoms with Gasteiger partial charge in [0.05, 0.1) is 15.9 Å². The lowest BCUT2D eigenvalue weighted by atomic mass is 10.2. The fraction of sp³-hybridized carbons (Fsp3) is 0.438. The number of nitro groups is 2. The van der Waals surface area contributed by atoms with Crippen molar-refractivity contribution in [3.8, 4) is 0 Å². The van der Waals surface area contributed by atoms with E-state index in [1.807, 2.05) is 0 Å². The standard InChI is InChI=1S/C16H19N5O7S/c1-11-16(12(2)28-17-11)29(26,27)19-7-3-6-18(8-9-19)14-5-4-13(20(22)23)10-15(14)21(24)25/h4-5,10H,3,6-9H2,1-2H3. The van der Waals surface area contributed by atoms with E-state index in [1.54, 1.807) is 11.8 Å². The molecule has 0 atom stereocenters. The highest BCUT2D eigenvalue weighted by molar-refractivity contribution is 7.89. The molecule has 29 heavy (non-hydrogen) atoms. The van der Waals surface area contributed by atoms with Crippen LogP contribution in [0.5, 0.6) is 0 Å². The second-order valence-electron chi connectivity index (χ2n) is 6.59. The highest BCUT2D eigenvalue weighted by atomic mass is 32.2. The first-order chi connectivity index (χ1) is 13.6. The van der Waals surface area contributed by atoms with Gasteiger partial charge in [-0.1, -0.05) is 5.16 Å². The molecule has 0 saturated carbocycles. The van der Waals surface area contributed by atoms with Gasteiger partial charge in [-0.15, -0.1) is 0 Å².